The fraction of sp³-hybridized carbons (Fsp3) is 0.579. The third-order valence-electron chi connectivity index (χ3n) is 4.63. The number of rotatable bonds is 8. The zero-order chi connectivity index (χ0) is 18.8. The number of benzene rings is 1. The van der Waals surface area contributed by atoms with Crippen LogP contribution in [-0.2, 0) is 11.2 Å². The average molecular weight is 363 g/mol. The number of carbonyl (C=O) groups excluding carboxylic acids is 1. The van der Waals surface area contributed by atoms with Gasteiger partial charge in [-0.25, -0.2) is 4.39 Å². The zero-order valence-corrected chi connectivity index (χ0v) is 15.7. The van der Waals surface area contributed by atoms with E-state index >= 15 is 0 Å². The zero-order valence-electron chi connectivity index (χ0n) is 15.7. The first-order valence-electron chi connectivity index (χ1n) is 9.32. The molecule has 144 valence electrons. The van der Waals surface area contributed by atoms with Crippen LogP contribution in [0.25, 0.3) is 0 Å². The number of amides is 1. The van der Waals surface area contributed by atoms with Crippen LogP contribution in [0.2, 0.25) is 0 Å². The quantitative estimate of drug-likeness (QED) is 0.368. The Hall–Kier alpha value is -2.15. The van der Waals surface area contributed by atoms with Crippen molar-refractivity contribution in [1.82, 2.24) is 20.9 Å². The number of guanidine groups is 1. The van der Waals surface area contributed by atoms with E-state index in [1.807, 2.05) is 0 Å². The number of nitrogens with one attached hydrogen (secondary N) is 3. The number of aliphatic imine (C=N–C) groups is 1. The van der Waals surface area contributed by atoms with Gasteiger partial charge in [-0.05, 0) is 43.6 Å². The largest absolute Gasteiger partial charge is 0.355 e. The Morgan fingerprint density at radius 2 is 2.12 bits per heavy atom. The van der Waals surface area contributed by atoms with Crippen LogP contribution >= 0.6 is 0 Å². The molecule has 1 aliphatic heterocycles. The van der Waals surface area contributed by atoms with Gasteiger partial charge in [0.25, 0.3) is 0 Å². The maximum Gasteiger partial charge on any atom is 0.224 e. The van der Waals surface area contributed by atoms with Gasteiger partial charge in [-0.3, -0.25) is 14.7 Å². The molecule has 6 nitrogen and oxygen atoms in total. The van der Waals surface area contributed by atoms with Gasteiger partial charge in [0.05, 0.1) is 6.42 Å². The first-order chi connectivity index (χ1) is 12.6. The topological polar surface area (TPSA) is 68.8 Å². The average Bonchev–Trinajstić information content (AvgIpc) is 3.08. The van der Waals surface area contributed by atoms with E-state index in [1.54, 1.807) is 19.2 Å². The molecule has 2 rings (SSSR count). The van der Waals surface area contributed by atoms with Gasteiger partial charge in [0, 0.05) is 32.7 Å². The number of hydrogen-bond donors (Lipinski definition) is 3. The summed E-state index contributed by atoms with van der Waals surface area (Å²) in [5.41, 5.74) is 0.671. The Morgan fingerprint density at radius 3 is 2.85 bits per heavy atom. The van der Waals surface area contributed by atoms with Gasteiger partial charge >= 0.3 is 0 Å². The number of likely N-dealkylation sites (tertiary alicyclic amines) is 1. The Labute approximate surface area is 155 Å². The van der Waals surface area contributed by atoms with Gasteiger partial charge < -0.3 is 16.0 Å². The predicted octanol–water partition coefficient (Wildman–Crippen LogP) is 1.13. The summed E-state index contributed by atoms with van der Waals surface area (Å²) < 4.78 is 13.1. The van der Waals surface area contributed by atoms with Crippen LogP contribution in [0.5, 0.6) is 0 Å². The van der Waals surface area contributed by atoms with Gasteiger partial charge in [-0.1, -0.05) is 19.1 Å². The molecule has 1 aliphatic rings. The molecular weight excluding hydrogens is 333 g/mol. The molecule has 1 atom stereocenters. The normalized spacial score (nSPS) is 18.0. The monoisotopic (exact) mass is 363 g/mol. The van der Waals surface area contributed by atoms with E-state index in [0.717, 1.165) is 19.0 Å². The first kappa shape index (κ1) is 20.2. The lowest BCUT2D eigenvalue weighted by Crippen LogP contribution is -2.46. The number of hydrogen-bond acceptors (Lipinski definition) is 3. The molecule has 26 heavy (non-hydrogen) atoms. The van der Waals surface area contributed by atoms with E-state index in [9.17, 15) is 9.18 Å². The van der Waals surface area contributed by atoms with Crippen molar-refractivity contribution in [2.24, 2.45) is 4.99 Å². The summed E-state index contributed by atoms with van der Waals surface area (Å²) in [6.07, 6.45) is 2.65. The number of halogens is 1. The van der Waals surface area contributed by atoms with E-state index in [1.165, 1.54) is 31.5 Å². The molecule has 1 aromatic rings. The van der Waals surface area contributed by atoms with Crippen molar-refractivity contribution in [3.8, 4) is 0 Å². The van der Waals surface area contributed by atoms with Crippen molar-refractivity contribution in [1.29, 1.82) is 0 Å². The third-order valence-corrected chi connectivity index (χ3v) is 4.63. The summed E-state index contributed by atoms with van der Waals surface area (Å²) in [6, 6.07) is 6.67. The van der Waals surface area contributed by atoms with Gasteiger partial charge in [0.15, 0.2) is 5.96 Å². The highest BCUT2D eigenvalue weighted by molar-refractivity contribution is 5.80. The fourth-order valence-electron chi connectivity index (χ4n) is 3.26. The molecule has 0 saturated carbocycles. The lowest BCUT2D eigenvalue weighted by molar-refractivity contribution is -0.120. The van der Waals surface area contributed by atoms with E-state index in [-0.39, 0.29) is 18.1 Å². The van der Waals surface area contributed by atoms with Crippen molar-refractivity contribution in [2.45, 2.75) is 32.2 Å². The van der Waals surface area contributed by atoms with Crippen LogP contribution in [-0.4, -0.2) is 62.6 Å². The van der Waals surface area contributed by atoms with Crippen molar-refractivity contribution >= 4 is 11.9 Å². The SMILES string of the molecule is CCN1CCCC1CNC(=NC)NCCNC(=O)Cc1cccc(F)c1. The van der Waals surface area contributed by atoms with Crippen LogP contribution in [0.3, 0.4) is 0 Å². The highest BCUT2D eigenvalue weighted by Gasteiger charge is 2.22. The maximum atomic E-state index is 13.1. The fourth-order valence-corrected chi connectivity index (χ4v) is 3.26. The van der Waals surface area contributed by atoms with E-state index in [4.69, 9.17) is 0 Å². The van der Waals surface area contributed by atoms with Crippen molar-refractivity contribution < 1.29 is 9.18 Å². The summed E-state index contributed by atoms with van der Waals surface area (Å²) in [5.74, 6) is 0.299. The number of likely N-dealkylation sites (N-methyl/N-ethyl adjacent to an activating group) is 1. The Morgan fingerprint density at radius 1 is 1.31 bits per heavy atom. The van der Waals surface area contributed by atoms with Crippen LogP contribution in [0.15, 0.2) is 29.3 Å². The molecule has 7 heteroatoms. The Bertz CT molecular complexity index is 607. The molecule has 0 aromatic heterocycles. The summed E-state index contributed by atoms with van der Waals surface area (Å²) in [4.78, 5) is 18.6. The minimum atomic E-state index is -0.323. The Kier molecular flexibility index (Phi) is 8.34. The lowest BCUT2D eigenvalue weighted by atomic mass is 10.1. The molecule has 0 spiro atoms. The van der Waals surface area contributed by atoms with Gasteiger partial charge in [-0.2, -0.15) is 0 Å². The highest BCUT2D eigenvalue weighted by atomic mass is 19.1. The molecular formula is C19H30FN5O. The number of nitrogens with zero attached hydrogens (tertiary/aromatic N) is 2. The molecule has 0 radical (unpaired) electrons. The molecule has 1 saturated heterocycles. The van der Waals surface area contributed by atoms with Gasteiger partial charge in [0.2, 0.25) is 5.91 Å². The molecule has 1 aromatic carbocycles. The second-order valence-corrected chi connectivity index (χ2v) is 6.46. The summed E-state index contributed by atoms with van der Waals surface area (Å²) in [5, 5.41) is 9.38. The maximum absolute atomic E-state index is 13.1. The smallest absolute Gasteiger partial charge is 0.224 e. The molecule has 1 fully saturated rings. The minimum Gasteiger partial charge on any atom is -0.355 e. The minimum absolute atomic E-state index is 0.120. The molecule has 1 unspecified atom stereocenters. The van der Waals surface area contributed by atoms with Gasteiger partial charge in [-0.15, -0.1) is 0 Å². The van der Waals surface area contributed by atoms with E-state index in [2.05, 4.69) is 32.8 Å². The molecule has 1 heterocycles. The Balaban J connectivity index is 1.62. The summed E-state index contributed by atoms with van der Waals surface area (Å²) in [7, 11) is 1.74. The van der Waals surface area contributed by atoms with Crippen molar-refractivity contribution in [3.05, 3.63) is 35.6 Å². The van der Waals surface area contributed by atoms with Crippen LogP contribution in [0, 0.1) is 5.82 Å². The van der Waals surface area contributed by atoms with Crippen LogP contribution in [0.4, 0.5) is 4.39 Å². The first-order valence-corrected chi connectivity index (χ1v) is 9.32. The molecule has 0 aliphatic carbocycles. The third kappa shape index (κ3) is 6.63. The highest BCUT2D eigenvalue weighted by Crippen LogP contribution is 2.15. The number of carbonyl (C=O) groups is 1. The standard InChI is InChI=1S/C19H30FN5O/c1-3-25-11-5-8-17(25)14-24-19(21-2)23-10-9-22-18(26)13-15-6-4-7-16(20)12-15/h4,6-7,12,17H,3,5,8-11,13-14H2,1-2H3,(H,22,26)(H2,21,23,24). The molecule has 1 amide bonds. The summed E-state index contributed by atoms with van der Waals surface area (Å²) >= 11 is 0. The van der Waals surface area contributed by atoms with Crippen LogP contribution < -0.4 is 16.0 Å². The van der Waals surface area contributed by atoms with E-state index in [0.29, 0.717) is 24.7 Å². The van der Waals surface area contributed by atoms with E-state index < -0.39 is 0 Å². The lowest BCUT2D eigenvalue weighted by Gasteiger charge is -2.24. The molecule has 0 bridgehead atoms. The second-order valence-electron chi connectivity index (χ2n) is 6.46. The van der Waals surface area contributed by atoms with Crippen LogP contribution in [0.1, 0.15) is 25.3 Å². The summed E-state index contributed by atoms with van der Waals surface area (Å²) in [6.45, 7) is 6.38. The predicted molar refractivity (Wildman–Crippen MR) is 103 cm³/mol. The molecule has 3 N–H and O–H groups in total. The van der Waals surface area contributed by atoms with Crippen molar-refractivity contribution in [3.63, 3.8) is 0 Å². The van der Waals surface area contributed by atoms with Gasteiger partial charge in [0.1, 0.15) is 5.82 Å². The second kappa shape index (κ2) is 10.8. The van der Waals surface area contributed by atoms with Crippen molar-refractivity contribution in [2.75, 3.05) is 39.8 Å².